The van der Waals surface area contributed by atoms with Crippen LogP contribution in [0.15, 0.2) is 0 Å². The maximum atomic E-state index is 12.4. The number of hydrogen-bond donors (Lipinski definition) is 6. The lowest BCUT2D eigenvalue weighted by molar-refractivity contribution is -0.144. The maximum Gasteiger partial charge on any atom is 0.451 e. The van der Waals surface area contributed by atoms with Gasteiger partial charge in [0.15, 0.2) is 0 Å². The third-order valence-corrected chi connectivity index (χ3v) is 6.20. The topological polar surface area (TPSA) is 188 Å². The van der Waals surface area contributed by atoms with Crippen molar-refractivity contribution in [2.45, 2.75) is 30.2 Å². The molecule has 0 aromatic rings. The van der Waals surface area contributed by atoms with Crippen molar-refractivity contribution in [3.63, 3.8) is 0 Å². The van der Waals surface area contributed by atoms with Crippen molar-refractivity contribution >= 4 is 23.3 Å². The lowest BCUT2D eigenvalue weighted by Gasteiger charge is -2.38. The fourth-order valence-electron chi connectivity index (χ4n) is 3.01. The number of rotatable bonds is 9. The van der Waals surface area contributed by atoms with E-state index in [0.717, 1.165) is 4.31 Å². The van der Waals surface area contributed by atoms with Crippen molar-refractivity contribution in [2.24, 2.45) is 17.4 Å². The van der Waals surface area contributed by atoms with Crippen molar-refractivity contribution in [3.8, 4) is 0 Å². The molecule has 2 rings (SSSR count). The molecule has 0 spiro atoms. The van der Waals surface area contributed by atoms with E-state index in [9.17, 15) is 18.3 Å². The van der Waals surface area contributed by atoms with Gasteiger partial charge in [0.1, 0.15) is 5.54 Å². The van der Waals surface area contributed by atoms with Crippen LogP contribution in [0.2, 0.25) is 6.32 Å². The Morgan fingerprint density at radius 2 is 2.00 bits per heavy atom. The average Bonchev–Trinajstić information content (AvgIpc) is 2.82. The molecular weight excluding hydrogens is 355 g/mol. The van der Waals surface area contributed by atoms with Gasteiger partial charge in [-0.3, -0.25) is 4.79 Å². The third kappa shape index (κ3) is 4.68. The number of carboxylic acids is 1. The van der Waals surface area contributed by atoms with Gasteiger partial charge < -0.3 is 31.4 Å². The molecule has 0 aromatic heterocycles. The Morgan fingerprint density at radius 3 is 2.48 bits per heavy atom. The van der Waals surface area contributed by atoms with Gasteiger partial charge in [-0.15, -0.1) is 0 Å². The van der Waals surface area contributed by atoms with Crippen LogP contribution in [-0.2, 0) is 19.7 Å². The molecule has 2 fully saturated rings. The number of nitrogens with one attached hydrogen (secondary N) is 1. The van der Waals surface area contributed by atoms with E-state index in [1.54, 1.807) is 0 Å². The van der Waals surface area contributed by atoms with E-state index < -0.39 is 40.3 Å². The maximum absolute atomic E-state index is 12.4. The molecule has 0 aliphatic carbocycles. The Morgan fingerprint density at radius 1 is 1.36 bits per heavy atom. The molecule has 2 heterocycles. The zero-order valence-corrected chi connectivity index (χ0v) is 14.6. The van der Waals surface area contributed by atoms with Gasteiger partial charge in [0, 0.05) is 25.6 Å². The molecule has 25 heavy (non-hydrogen) atoms. The van der Waals surface area contributed by atoms with E-state index in [1.807, 2.05) is 0 Å². The molecule has 0 amide bonds. The van der Waals surface area contributed by atoms with Crippen LogP contribution in [0.3, 0.4) is 0 Å². The second kappa shape index (κ2) is 7.44. The molecule has 0 bridgehead atoms. The summed E-state index contributed by atoms with van der Waals surface area (Å²) in [6, 6.07) is 0. The third-order valence-electron chi connectivity index (χ3n) is 4.73. The first-order chi connectivity index (χ1) is 11.5. The first-order valence-corrected chi connectivity index (χ1v) is 9.42. The van der Waals surface area contributed by atoms with Gasteiger partial charge in [-0.05, 0) is 12.7 Å². The normalized spacial score (nSPS) is 29.4. The number of carbonyl (C=O) groups is 1. The van der Waals surface area contributed by atoms with Gasteiger partial charge in [-0.2, -0.15) is 12.7 Å². The summed E-state index contributed by atoms with van der Waals surface area (Å²) in [6.45, 7) is 0.0544. The van der Waals surface area contributed by atoms with Crippen LogP contribution in [-0.4, -0.2) is 84.9 Å². The van der Waals surface area contributed by atoms with Crippen molar-refractivity contribution in [2.75, 3.05) is 32.8 Å². The van der Waals surface area contributed by atoms with Crippen molar-refractivity contribution in [1.29, 1.82) is 0 Å². The highest BCUT2D eigenvalue weighted by Crippen LogP contribution is 2.32. The Balaban J connectivity index is 2.02. The highest BCUT2D eigenvalue weighted by molar-refractivity contribution is 7.87. The van der Waals surface area contributed by atoms with Crippen LogP contribution < -0.4 is 16.2 Å². The quantitative estimate of drug-likeness (QED) is 0.221. The zero-order valence-electron chi connectivity index (χ0n) is 13.8. The van der Waals surface area contributed by atoms with Gasteiger partial charge in [-0.1, -0.05) is 6.42 Å². The Bertz CT molecular complexity index is 600. The first-order valence-electron chi connectivity index (χ1n) is 7.98. The van der Waals surface area contributed by atoms with Crippen molar-refractivity contribution < 1.29 is 33.1 Å². The van der Waals surface area contributed by atoms with Gasteiger partial charge in [0.25, 0.3) is 10.2 Å². The van der Waals surface area contributed by atoms with Crippen LogP contribution >= 0.6 is 0 Å². The van der Waals surface area contributed by atoms with Crippen LogP contribution in [0.25, 0.3) is 0 Å². The highest BCUT2D eigenvalue weighted by Gasteiger charge is 2.52. The zero-order chi connectivity index (χ0) is 18.9. The predicted molar refractivity (Wildman–Crippen MR) is 88.5 cm³/mol. The summed E-state index contributed by atoms with van der Waals surface area (Å²) in [5, 5.41) is 27.2. The molecule has 11 nitrogen and oxygen atoms in total. The monoisotopic (exact) mass is 380 g/mol. The summed E-state index contributed by atoms with van der Waals surface area (Å²) >= 11 is 0. The number of carboxylic acid groups (broad SMARTS) is 1. The second-order valence-electron chi connectivity index (χ2n) is 6.93. The summed E-state index contributed by atoms with van der Waals surface area (Å²) in [4.78, 5) is 11.6. The Hall–Kier alpha value is -0.795. The van der Waals surface area contributed by atoms with E-state index in [2.05, 4.69) is 4.72 Å². The predicted octanol–water partition coefficient (Wildman–Crippen LogP) is -3.48. The van der Waals surface area contributed by atoms with E-state index >= 15 is 0 Å². The molecule has 0 saturated carbocycles. The smallest absolute Gasteiger partial charge is 0.451 e. The molecule has 0 radical (unpaired) electrons. The van der Waals surface area contributed by atoms with Gasteiger partial charge in [0.05, 0.1) is 18.8 Å². The molecular formula is C12H25BN4O7S. The number of aliphatic carboxylic acids is 1. The van der Waals surface area contributed by atoms with Gasteiger partial charge >= 0.3 is 13.1 Å². The van der Waals surface area contributed by atoms with Gasteiger partial charge in [0.2, 0.25) is 0 Å². The number of nitrogens with zero attached hydrogens (tertiary/aromatic N) is 1. The largest absolute Gasteiger partial charge is 0.480 e. The second-order valence-corrected chi connectivity index (χ2v) is 8.68. The minimum Gasteiger partial charge on any atom is -0.480 e. The summed E-state index contributed by atoms with van der Waals surface area (Å²) in [5.41, 5.74) is 9.38. The SMILES string of the molecule is NC1(CNS(=O)(=O)N2C[C@@H](CCCB(O)O)[C@@](N)(C(=O)O)C2)COC1. The average molecular weight is 380 g/mol. The molecule has 2 aliphatic heterocycles. The standard InChI is InChI=1S/C12H25BN4O7S/c14-11(7-24-8-11)5-16-25(22,23)17-4-9(2-1-3-13(20)21)12(15,6-17)10(18)19/h9,16,20-21H,1-8,14-15H2,(H,18,19)/t9-,12-/m1/s1. The molecule has 144 valence electrons. The van der Waals surface area contributed by atoms with Crippen LogP contribution in [0.4, 0.5) is 0 Å². The number of ether oxygens (including phenoxy) is 1. The van der Waals surface area contributed by atoms with Crippen molar-refractivity contribution in [3.05, 3.63) is 0 Å². The van der Waals surface area contributed by atoms with E-state index in [-0.39, 0.29) is 45.6 Å². The fourth-order valence-corrected chi connectivity index (χ4v) is 4.42. The summed E-state index contributed by atoms with van der Waals surface area (Å²) < 4.78 is 33.2. The number of nitrogens with two attached hydrogens (primary N) is 2. The van der Waals surface area contributed by atoms with E-state index in [4.69, 9.17) is 26.3 Å². The van der Waals surface area contributed by atoms with Crippen molar-refractivity contribution in [1.82, 2.24) is 9.03 Å². The minimum atomic E-state index is -3.94. The molecule has 8 N–H and O–H groups in total. The molecule has 2 aliphatic rings. The lowest BCUT2D eigenvalue weighted by Crippen LogP contribution is -2.64. The highest BCUT2D eigenvalue weighted by atomic mass is 32.2. The van der Waals surface area contributed by atoms with E-state index in [1.165, 1.54) is 0 Å². The summed E-state index contributed by atoms with van der Waals surface area (Å²) in [5.74, 6) is -1.93. The molecule has 0 aromatic carbocycles. The molecule has 2 atom stereocenters. The summed E-state index contributed by atoms with van der Waals surface area (Å²) in [6.07, 6.45) is 0.646. The molecule has 13 heteroatoms. The van der Waals surface area contributed by atoms with Crippen LogP contribution in [0, 0.1) is 5.92 Å². The lowest BCUT2D eigenvalue weighted by atomic mass is 9.78. The van der Waals surface area contributed by atoms with Crippen LogP contribution in [0.1, 0.15) is 12.8 Å². The number of hydrogen-bond acceptors (Lipinski definition) is 8. The van der Waals surface area contributed by atoms with Gasteiger partial charge in [-0.25, -0.2) is 4.72 Å². The minimum absolute atomic E-state index is 0.0160. The first kappa shape index (κ1) is 20.5. The Labute approximate surface area is 146 Å². The fraction of sp³-hybridized carbons (Fsp3) is 0.917. The molecule has 0 unspecified atom stereocenters. The van der Waals surface area contributed by atoms with Crippen LogP contribution in [0.5, 0.6) is 0 Å². The summed E-state index contributed by atoms with van der Waals surface area (Å²) in [7, 11) is -5.44. The molecule has 2 saturated heterocycles. The van der Waals surface area contributed by atoms with E-state index in [0.29, 0.717) is 6.42 Å². The Kier molecular flexibility index (Phi) is 6.11.